The first kappa shape index (κ1) is 29.9. The Bertz CT molecular complexity index is 1630. The third-order valence-corrected chi connectivity index (χ3v) is 7.66. The minimum Gasteiger partial charge on any atom is -0.497 e. The average Bonchev–Trinajstić information content (AvgIpc) is 3.04. The molecule has 43 heavy (non-hydrogen) atoms. The van der Waals surface area contributed by atoms with Gasteiger partial charge >= 0.3 is 5.69 Å². The van der Waals surface area contributed by atoms with E-state index in [9.17, 15) is 9.59 Å². The summed E-state index contributed by atoms with van der Waals surface area (Å²) in [6, 6.07) is 25.6. The molecule has 0 spiro atoms. The molecule has 1 aliphatic heterocycles. The molecule has 1 fully saturated rings. The number of methoxy groups -OCH3 is 2. The van der Waals surface area contributed by atoms with Gasteiger partial charge in [0, 0.05) is 24.8 Å². The molecule has 0 radical (unpaired) electrons. The van der Waals surface area contributed by atoms with Crippen LogP contribution in [0.15, 0.2) is 94.6 Å². The molecule has 2 atom stereocenters. The minimum absolute atomic E-state index is 0.168. The molecule has 0 saturated carbocycles. The maximum absolute atomic E-state index is 12.8. The summed E-state index contributed by atoms with van der Waals surface area (Å²) < 4.78 is 25.8. The van der Waals surface area contributed by atoms with Crippen molar-refractivity contribution in [3.63, 3.8) is 0 Å². The van der Waals surface area contributed by atoms with Gasteiger partial charge in [0.25, 0.3) is 5.56 Å². The summed E-state index contributed by atoms with van der Waals surface area (Å²) in [5, 5.41) is 0. The Hall–Kier alpha value is -4.62. The van der Waals surface area contributed by atoms with Gasteiger partial charge in [-0.2, -0.15) is 0 Å². The molecule has 3 aromatic carbocycles. The van der Waals surface area contributed by atoms with Gasteiger partial charge in [-0.1, -0.05) is 60.5 Å². The van der Waals surface area contributed by atoms with Gasteiger partial charge in [-0.3, -0.25) is 19.2 Å². The summed E-state index contributed by atoms with van der Waals surface area (Å²) in [5.41, 5.74) is 1.12. The normalized spacial score (nSPS) is 17.3. The molecule has 0 aliphatic carbocycles. The first-order valence-electron chi connectivity index (χ1n) is 14.0. The van der Waals surface area contributed by atoms with Crippen molar-refractivity contribution in [2.45, 2.75) is 24.9 Å². The van der Waals surface area contributed by atoms with Gasteiger partial charge in [0.1, 0.15) is 17.1 Å². The van der Waals surface area contributed by atoms with Crippen molar-refractivity contribution in [2.24, 2.45) is 0 Å². The first-order valence-corrected chi connectivity index (χ1v) is 14.0. The van der Waals surface area contributed by atoms with Gasteiger partial charge in [-0.15, -0.1) is 6.42 Å². The molecule has 1 N–H and O–H groups in total. The molecule has 222 valence electrons. The van der Waals surface area contributed by atoms with Crippen LogP contribution in [-0.4, -0.2) is 61.0 Å². The van der Waals surface area contributed by atoms with Gasteiger partial charge in [0.2, 0.25) is 0 Å². The summed E-state index contributed by atoms with van der Waals surface area (Å²) in [6.45, 7) is 3.06. The second-order valence-corrected chi connectivity index (χ2v) is 10.4. The molecule has 2 heterocycles. The van der Waals surface area contributed by atoms with Gasteiger partial charge in [0.15, 0.2) is 6.23 Å². The van der Waals surface area contributed by atoms with E-state index in [1.807, 2.05) is 83.8 Å². The number of hydrogen-bond donors (Lipinski definition) is 1. The number of hydrogen-bond acceptors (Lipinski definition) is 7. The molecule has 0 bridgehead atoms. The van der Waals surface area contributed by atoms with Gasteiger partial charge in [-0.25, -0.2) is 4.79 Å². The second-order valence-electron chi connectivity index (χ2n) is 10.4. The number of benzene rings is 3. The van der Waals surface area contributed by atoms with Crippen molar-refractivity contribution in [3.8, 4) is 23.8 Å². The van der Waals surface area contributed by atoms with Crippen molar-refractivity contribution in [1.82, 2.24) is 14.5 Å². The number of nitrogens with one attached hydrogen (secondary N) is 1. The summed E-state index contributed by atoms with van der Waals surface area (Å²) in [5.74, 6) is 4.15. The Kier molecular flexibility index (Phi) is 9.12. The second kappa shape index (κ2) is 13.1. The van der Waals surface area contributed by atoms with Crippen molar-refractivity contribution < 1.29 is 18.9 Å². The molecule has 0 unspecified atom stereocenters. The zero-order valence-electron chi connectivity index (χ0n) is 24.5. The fourth-order valence-electron chi connectivity index (χ4n) is 5.49. The number of H-pyrrole nitrogens is 1. The molecule has 1 aliphatic rings. The minimum atomic E-state index is -1.03. The number of rotatable bonds is 10. The lowest BCUT2D eigenvalue weighted by atomic mass is 9.80. The SMILES string of the molecule is C#CCN1C[C@@H](COC(c2ccccc2)(c2ccc(OC)cc2)c2ccc(OC)cc2)O[C@@H](n2cc(C)c(=O)[nH]c2=O)C1. The quantitative estimate of drug-likeness (QED) is 0.225. The monoisotopic (exact) mass is 581 g/mol. The largest absolute Gasteiger partial charge is 0.497 e. The fourth-order valence-corrected chi connectivity index (χ4v) is 5.49. The Morgan fingerprint density at radius 1 is 0.907 bits per heavy atom. The molecular formula is C34H35N3O6. The third-order valence-electron chi connectivity index (χ3n) is 7.66. The van der Waals surface area contributed by atoms with Crippen molar-refractivity contribution in [2.75, 3.05) is 40.5 Å². The van der Waals surface area contributed by atoms with Crippen LogP contribution >= 0.6 is 0 Å². The lowest BCUT2D eigenvalue weighted by molar-refractivity contribution is -0.155. The molecule has 1 saturated heterocycles. The maximum atomic E-state index is 12.8. The van der Waals surface area contributed by atoms with Crippen LogP contribution in [0.4, 0.5) is 0 Å². The van der Waals surface area contributed by atoms with E-state index in [2.05, 4.69) is 10.9 Å². The van der Waals surface area contributed by atoms with Crippen molar-refractivity contribution >= 4 is 0 Å². The number of nitrogens with zero attached hydrogens (tertiary/aromatic N) is 2. The lowest BCUT2D eigenvalue weighted by Crippen LogP contribution is -2.50. The predicted octanol–water partition coefficient (Wildman–Crippen LogP) is 3.70. The molecule has 5 rings (SSSR count). The van der Waals surface area contributed by atoms with Gasteiger partial charge < -0.3 is 18.9 Å². The van der Waals surface area contributed by atoms with E-state index in [1.165, 1.54) is 10.8 Å². The van der Waals surface area contributed by atoms with Crippen LogP contribution in [0.25, 0.3) is 0 Å². The summed E-state index contributed by atoms with van der Waals surface area (Å²) in [6.07, 6.45) is 6.07. The van der Waals surface area contributed by atoms with E-state index in [0.29, 0.717) is 25.2 Å². The Morgan fingerprint density at radius 2 is 1.49 bits per heavy atom. The molecule has 4 aromatic rings. The van der Waals surface area contributed by atoms with Crippen LogP contribution in [0.2, 0.25) is 0 Å². The zero-order valence-corrected chi connectivity index (χ0v) is 24.5. The van der Waals surface area contributed by atoms with Crippen LogP contribution in [0, 0.1) is 19.3 Å². The maximum Gasteiger partial charge on any atom is 0.330 e. The zero-order chi connectivity index (χ0) is 30.4. The van der Waals surface area contributed by atoms with E-state index < -0.39 is 29.2 Å². The Balaban J connectivity index is 1.56. The molecule has 9 nitrogen and oxygen atoms in total. The molecule has 9 heteroatoms. The van der Waals surface area contributed by atoms with Crippen LogP contribution in [0.3, 0.4) is 0 Å². The predicted molar refractivity (Wildman–Crippen MR) is 164 cm³/mol. The molecular weight excluding hydrogens is 546 g/mol. The van der Waals surface area contributed by atoms with E-state index >= 15 is 0 Å². The van der Waals surface area contributed by atoms with Crippen LogP contribution < -0.4 is 20.7 Å². The van der Waals surface area contributed by atoms with Crippen LogP contribution in [-0.2, 0) is 15.1 Å². The number of aromatic nitrogens is 2. The highest BCUT2D eigenvalue weighted by atomic mass is 16.6. The van der Waals surface area contributed by atoms with Gasteiger partial charge in [0.05, 0.1) is 33.5 Å². The Labute approximate surface area is 250 Å². The topological polar surface area (TPSA) is 95.0 Å². The number of aryl methyl sites for hydroxylation is 1. The first-order chi connectivity index (χ1) is 20.9. The van der Waals surface area contributed by atoms with Crippen LogP contribution in [0.1, 0.15) is 28.5 Å². The summed E-state index contributed by atoms with van der Waals surface area (Å²) >= 11 is 0. The highest BCUT2D eigenvalue weighted by Gasteiger charge is 2.40. The van der Waals surface area contributed by atoms with E-state index in [4.69, 9.17) is 25.4 Å². The number of aromatic amines is 1. The standard InChI is InChI=1S/C34H35N3O6/c1-5-19-36-21-30(43-31(22-36)37-20-24(2)32(38)35-33(37)39)23-42-34(25-9-7-6-8-10-25,26-11-15-28(40-3)16-12-26)27-13-17-29(41-4)18-14-27/h1,6-18,20,30-31H,19,21-23H2,2-4H3,(H,35,38,39)/t30-,31+/m0/s1. The smallest absolute Gasteiger partial charge is 0.330 e. The average molecular weight is 582 g/mol. The summed E-state index contributed by atoms with van der Waals surface area (Å²) in [4.78, 5) is 29.2. The number of terminal acetylenes is 1. The molecule has 0 amide bonds. The van der Waals surface area contributed by atoms with E-state index in [-0.39, 0.29) is 6.61 Å². The van der Waals surface area contributed by atoms with Crippen molar-refractivity contribution in [1.29, 1.82) is 0 Å². The van der Waals surface area contributed by atoms with E-state index in [1.54, 1.807) is 21.1 Å². The van der Waals surface area contributed by atoms with Crippen LogP contribution in [0.5, 0.6) is 11.5 Å². The Morgan fingerprint density at radius 3 is 2.05 bits per heavy atom. The fraction of sp³-hybridized carbons (Fsp3) is 0.294. The third kappa shape index (κ3) is 6.27. The van der Waals surface area contributed by atoms with Crippen molar-refractivity contribution in [3.05, 3.63) is 128 Å². The lowest BCUT2D eigenvalue weighted by Gasteiger charge is -2.41. The highest BCUT2D eigenvalue weighted by molar-refractivity contribution is 5.49. The number of ether oxygens (including phenoxy) is 4. The number of morpholine rings is 1. The molecule has 1 aromatic heterocycles. The summed E-state index contributed by atoms with van der Waals surface area (Å²) in [7, 11) is 3.26. The highest BCUT2D eigenvalue weighted by Crippen LogP contribution is 2.42. The van der Waals surface area contributed by atoms with Gasteiger partial charge in [-0.05, 0) is 47.9 Å². The van der Waals surface area contributed by atoms with E-state index in [0.717, 1.165) is 28.2 Å².